The molecule has 510 valence electrons. The number of amides is 9. The molecular weight excluding hydrogens is 1200 g/mol. The van der Waals surface area contributed by atoms with E-state index in [4.69, 9.17) is 17.2 Å². The van der Waals surface area contributed by atoms with Gasteiger partial charge in [-0.25, -0.2) is 19.7 Å². The molecule has 4 heterocycles. The fraction of sp³-hybridized carbons (Fsp3) is 0.609. The standard InChI is InChI=1S/C64H98N18O11/c1-5-39(4)54(62(90)78-50(30-43-33-69-36-72-43)57(85)74-46(64(92)93)22-13-15-25-66)81-61(89)53(38(2)3)80-59(87)48(28-41-19-10-7-11-20-41)75-58(86)49(29-42-32-68-35-71-42)76-56(84)47(27-40-17-8-6-9-18-40)77-60(88)52-23-16-26-82(52)63(91)51(31-44-34-70-37-73-44)79-55(83)45(67)21-12-14-24-65/h6,8-9,17-18,32-39,41,45-54H,5,7,10-16,19-31,65-67H2,1-4H3,(H,68,71)(H,69,72)(H,70,73)(H,74,85)(H,75,86)(H,76,84)(H,77,88)(H,78,90)(H,79,83)(H,80,87)(H,81,89)(H,92,93)/t39-,45-,46-,47-,48-,49-,50-,51-,52-,53-,54-/m0/s1. The zero-order valence-corrected chi connectivity index (χ0v) is 54.0. The highest BCUT2D eigenvalue weighted by molar-refractivity contribution is 5.99. The number of hydrogen-bond donors (Lipinski definition) is 15. The van der Waals surface area contributed by atoms with E-state index in [1.54, 1.807) is 51.1 Å². The molecule has 93 heavy (non-hydrogen) atoms. The number of hydrogen-bond acceptors (Lipinski definition) is 16. The molecule has 1 aromatic carbocycles. The minimum Gasteiger partial charge on any atom is -0.480 e. The predicted molar refractivity (Wildman–Crippen MR) is 344 cm³/mol. The van der Waals surface area contributed by atoms with Crippen LogP contribution in [0.4, 0.5) is 0 Å². The molecule has 2 aliphatic rings. The van der Waals surface area contributed by atoms with E-state index in [1.165, 1.54) is 42.5 Å². The van der Waals surface area contributed by atoms with Crippen molar-refractivity contribution in [3.63, 3.8) is 0 Å². The molecule has 1 aliphatic heterocycles. The molecule has 1 saturated carbocycles. The van der Waals surface area contributed by atoms with E-state index in [9.17, 15) is 48.3 Å². The lowest BCUT2D eigenvalue weighted by molar-refractivity contribution is -0.142. The first-order chi connectivity index (χ1) is 44.7. The number of benzene rings is 1. The van der Waals surface area contributed by atoms with Crippen LogP contribution in [0.25, 0.3) is 0 Å². The Morgan fingerprint density at radius 3 is 1.56 bits per heavy atom. The molecule has 9 amide bonds. The summed E-state index contributed by atoms with van der Waals surface area (Å²) < 4.78 is 0. The maximum atomic E-state index is 15.0. The number of likely N-dealkylation sites (tertiary alicyclic amines) is 1. The van der Waals surface area contributed by atoms with Crippen molar-refractivity contribution in [1.82, 2.24) is 77.3 Å². The lowest BCUT2D eigenvalue weighted by Crippen LogP contribution is -2.62. The first-order valence-electron chi connectivity index (χ1n) is 32.8. The van der Waals surface area contributed by atoms with Crippen LogP contribution in [0.15, 0.2) is 67.9 Å². The third kappa shape index (κ3) is 23.2. The number of carboxylic acids is 1. The predicted octanol–water partition coefficient (Wildman–Crippen LogP) is 0.338. The molecule has 0 unspecified atom stereocenters. The Bertz CT molecular complexity index is 3000. The molecule has 18 N–H and O–H groups in total. The summed E-state index contributed by atoms with van der Waals surface area (Å²) in [5, 5.41) is 32.4. The van der Waals surface area contributed by atoms with Gasteiger partial charge >= 0.3 is 5.97 Å². The number of carboxylic acid groups (broad SMARTS) is 1. The lowest BCUT2D eigenvalue weighted by Gasteiger charge is -2.32. The van der Waals surface area contributed by atoms with Crippen LogP contribution in [0.1, 0.15) is 147 Å². The number of unbranched alkanes of at least 4 members (excludes halogenated alkanes) is 2. The van der Waals surface area contributed by atoms with Gasteiger partial charge in [-0.3, -0.25) is 43.2 Å². The maximum Gasteiger partial charge on any atom is 0.326 e. The lowest BCUT2D eigenvalue weighted by atomic mass is 9.84. The van der Waals surface area contributed by atoms with Gasteiger partial charge in [-0.1, -0.05) is 103 Å². The third-order valence-corrected chi connectivity index (χ3v) is 17.4. The van der Waals surface area contributed by atoms with Crippen LogP contribution in [-0.4, -0.2) is 179 Å². The summed E-state index contributed by atoms with van der Waals surface area (Å²) in [6.45, 7) is 7.92. The van der Waals surface area contributed by atoms with Crippen molar-refractivity contribution < 1.29 is 53.1 Å². The first-order valence-corrected chi connectivity index (χ1v) is 32.8. The van der Waals surface area contributed by atoms with Crippen molar-refractivity contribution in [2.24, 2.45) is 35.0 Å². The van der Waals surface area contributed by atoms with Gasteiger partial charge in [-0.05, 0) is 87.8 Å². The maximum absolute atomic E-state index is 15.0. The fourth-order valence-electron chi connectivity index (χ4n) is 11.8. The summed E-state index contributed by atoms with van der Waals surface area (Å²) in [4.78, 5) is 165. The fourth-order valence-corrected chi connectivity index (χ4v) is 11.8. The minimum absolute atomic E-state index is 0.00236. The topological polar surface area (TPSA) is 455 Å². The van der Waals surface area contributed by atoms with E-state index in [0.29, 0.717) is 80.7 Å². The molecule has 29 heteroatoms. The summed E-state index contributed by atoms with van der Waals surface area (Å²) in [5.41, 5.74) is 19.7. The zero-order chi connectivity index (χ0) is 67.4. The zero-order valence-electron chi connectivity index (χ0n) is 54.0. The summed E-state index contributed by atoms with van der Waals surface area (Å²) in [6.07, 6.45) is 16.8. The highest BCUT2D eigenvalue weighted by Crippen LogP contribution is 2.28. The molecule has 6 rings (SSSR count). The second-order valence-electron chi connectivity index (χ2n) is 24.9. The summed E-state index contributed by atoms with van der Waals surface area (Å²) >= 11 is 0. The van der Waals surface area contributed by atoms with E-state index in [2.05, 4.69) is 72.4 Å². The van der Waals surface area contributed by atoms with Gasteiger partial charge in [0.05, 0.1) is 25.0 Å². The Morgan fingerprint density at radius 1 is 0.548 bits per heavy atom. The van der Waals surface area contributed by atoms with Crippen molar-refractivity contribution in [3.8, 4) is 0 Å². The highest BCUT2D eigenvalue weighted by atomic mass is 16.4. The largest absolute Gasteiger partial charge is 0.480 e. The van der Waals surface area contributed by atoms with Gasteiger partial charge in [-0.15, -0.1) is 0 Å². The number of carbonyl (C=O) groups excluding carboxylic acids is 9. The Hall–Kier alpha value is -8.57. The molecule has 1 aliphatic carbocycles. The van der Waals surface area contributed by atoms with Gasteiger partial charge in [0.1, 0.15) is 54.4 Å². The smallest absolute Gasteiger partial charge is 0.326 e. The Morgan fingerprint density at radius 2 is 1.03 bits per heavy atom. The molecule has 11 atom stereocenters. The average Bonchev–Trinajstić information content (AvgIpc) is 1.87. The Labute approximate surface area is 542 Å². The van der Waals surface area contributed by atoms with Crippen LogP contribution in [0.3, 0.4) is 0 Å². The van der Waals surface area contributed by atoms with Gasteiger partial charge < -0.3 is 84.7 Å². The van der Waals surface area contributed by atoms with Gasteiger partial charge in [-0.2, -0.15) is 0 Å². The first kappa shape index (κ1) is 73.5. The van der Waals surface area contributed by atoms with E-state index in [0.717, 1.165) is 32.1 Å². The number of aliphatic carboxylic acids is 1. The minimum atomic E-state index is -1.38. The van der Waals surface area contributed by atoms with Gasteiger partial charge in [0.2, 0.25) is 53.2 Å². The molecule has 4 aromatic rings. The van der Waals surface area contributed by atoms with E-state index < -0.39 is 131 Å². The van der Waals surface area contributed by atoms with Crippen molar-refractivity contribution in [3.05, 3.63) is 90.5 Å². The summed E-state index contributed by atoms with van der Waals surface area (Å²) in [6, 6.07) is -3.20. The second-order valence-corrected chi connectivity index (χ2v) is 24.9. The highest BCUT2D eigenvalue weighted by Gasteiger charge is 2.41. The number of rotatable bonds is 39. The van der Waals surface area contributed by atoms with Crippen molar-refractivity contribution in [1.29, 1.82) is 0 Å². The molecule has 0 radical (unpaired) electrons. The van der Waals surface area contributed by atoms with Gasteiger partial charge in [0.15, 0.2) is 0 Å². The number of nitrogens with one attached hydrogen (secondary N) is 11. The van der Waals surface area contributed by atoms with Crippen LogP contribution < -0.4 is 59.7 Å². The Balaban J connectivity index is 1.22. The molecular formula is C64H98N18O11. The second kappa shape index (κ2) is 37.8. The van der Waals surface area contributed by atoms with Gasteiger partial charge in [0, 0.05) is 67.9 Å². The SMILES string of the molecule is CC[C@H](C)[C@H](NC(=O)[C@@H](NC(=O)[C@H](CC1CCCCC1)NC(=O)[C@H](Cc1cnc[nH]1)NC(=O)[C@H](Cc1ccccc1)NC(=O)[C@@H]1CCCN1C(=O)[C@H](Cc1cnc[nH]1)NC(=O)[C@@H](N)CCCCN)C(C)C)C(=O)N[C@@H](Cc1cnc[nH]1)C(=O)N[C@@H](CCCCN)C(=O)O. The molecule has 2 fully saturated rings. The number of aromatic nitrogens is 6. The van der Waals surface area contributed by atoms with Gasteiger partial charge in [0.25, 0.3) is 0 Å². The summed E-state index contributed by atoms with van der Waals surface area (Å²) in [5.74, 6) is -8.51. The van der Waals surface area contributed by atoms with Crippen LogP contribution >= 0.6 is 0 Å². The molecule has 0 spiro atoms. The van der Waals surface area contributed by atoms with E-state index >= 15 is 4.79 Å². The number of carbonyl (C=O) groups is 10. The van der Waals surface area contributed by atoms with Crippen molar-refractivity contribution in [2.75, 3.05) is 19.6 Å². The monoisotopic (exact) mass is 1290 g/mol. The molecule has 1 saturated heterocycles. The van der Waals surface area contributed by atoms with E-state index in [-0.39, 0.29) is 57.4 Å². The van der Waals surface area contributed by atoms with E-state index in [1.807, 2.05) is 6.92 Å². The van der Waals surface area contributed by atoms with Crippen LogP contribution in [-0.2, 0) is 73.6 Å². The number of aromatic amines is 3. The number of H-pyrrole nitrogens is 3. The van der Waals surface area contributed by atoms with Crippen molar-refractivity contribution >= 4 is 59.1 Å². The van der Waals surface area contributed by atoms with Crippen LogP contribution in [0.2, 0.25) is 0 Å². The third-order valence-electron chi connectivity index (χ3n) is 17.4. The van der Waals surface area contributed by atoms with Crippen LogP contribution in [0.5, 0.6) is 0 Å². The number of imidazole rings is 3. The quantitative estimate of drug-likeness (QED) is 0.0268. The summed E-state index contributed by atoms with van der Waals surface area (Å²) in [7, 11) is 0. The number of nitrogens with two attached hydrogens (primary N) is 3. The normalized spacial score (nSPS) is 17.4. The van der Waals surface area contributed by atoms with Crippen LogP contribution in [0, 0.1) is 17.8 Å². The number of nitrogens with zero attached hydrogens (tertiary/aromatic N) is 4. The Kier molecular flexibility index (Phi) is 29.9. The average molecular weight is 1300 g/mol. The molecule has 29 nitrogen and oxygen atoms in total. The molecule has 0 bridgehead atoms. The van der Waals surface area contributed by atoms with Crippen molar-refractivity contribution in [2.45, 2.75) is 210 Å². The molecule has 3 aromatic heterocycles.